The predicted octanol–water partition coefficient (Wildman–Crippen LogP) is 5.30. The summed E-state index contributed by atoms with van der Waals surface area (Å²) < 4.78 is 2.15. The highest BCUT2D eigenvalue weighted by molar-refractivity contribution is 7.99. The molecule has 4 nitrogen and oxygen atoms in total. The summed E-state index contributed by atoms with van der Waals surface area (Å²) in [6.07, 6.45) is 1.11. The third-order valence-electron chi connectivity index (χ3n) is 4.64. The molecule has 0 spiro atoms. The lowest BCUT2D eigenvalue weighted by molar-refractivity contribution is -0.113. The second-order valence-electron chi connectivity index (χ2n) is 6.40. The number of para-hydroxylation sites is 2. The number of carbonyl (C=O) groups excluding carboxylic acids is 1. The molecule has 1 amide bonds. The molecular formula is C21H25N3OS. The van der Waals surface area contributed by atoms with Crippen molar-refractivity contribution in [2.24, 2.45) is 0 Å². The lowest BCUT2D eigenvalue weighted by Gasteiger charge is -2.10. The van der Waals surface area contributed by atoms with Crippen LogP contribution in [0.4, 0.5) is 5.69 Å². The monoisotopic (exact) mass is 367 g/mol. The first-order chi connectivity index (χ1) is 12.6. The van der Waals surface area contributed by atoms with Crippen LogP contribution in [0.5, 0.6) is 0 Å². The van der Waals surface area contributed by atoms with Gasteiger partial charge in [-0.3, -0.25) is 4.79 Å². The smallest absolute Gasteiger partial charge is 0.234 e. The number of fused-ring (bicyclic) bond motifs is 1. The van der Waals surface area contributed by atoms with Crippen molar-refractivity contribution >= 4 is 34.4 Å². The fraction of sp³-hybridized carbons (Fsp3) is 0.333. The van der Waals surface area contributed by atoms with E-state index in [1.807, 2.05) is 30.3 Å². The minimum absolute atomic E-state index is 0.0130. The number of amides is 1. The first kappa shape index (κ1) is 18.5. The van der Waals surface area contributed by atoms with Crippen molar-refractivity contribution in [3.8, 4) is 0 Å². The van der Waals surface area contributed by atoms with Crippen molar-refractivity contribution in [2.45, 2.75) is 44.8 Å². The van der Waals surface area contributed by atoms with Crippen LogP contribution in [0.15, 0.2) is 53.7 Å². The topological polar surface area (TPSA) is 46.9 Å². The van der Waals surface area contributed by atoms with Gasteiger partial charge in [0.05, 0.1) is 16.8 Å². The predicted molar refractivity (Wildman–Crippen MR) is 110 cm³/mol. The number of aryl methyl sites for hydroxylation is 1. The quantitative estimate of drug-likeness (QED) is 0.576. The van der Waals surface area contributed by atoms with Gasteiger partial charge in [-0.25, -0.2) is 4.98 Å². The van der Waals surface area contributed by atoms with E-state index < -0.39 is 0 Å². The molecule has 5 heteroatoms. The van der Waals surface area contributed by atoms with E-state index in [0.717, 1.165) is 34.8 Å². The van der Waals surface area contributed by atoms with Gasteiger partial charge in [-0.1, -0.05) is 49.9 Å². The average Bonchev–Trinajstić information content (AvgIpc) is 3.04. The molecule has 1 heterocycles. The molecule has 0 aliphatic carbocycles. The summed E-state index contributed by atoms with van der Waals surface area (Å²) in [5, 5.41) is 3.86. The van der Waals surface area contributed by atoms with Crippen molar-refractivity contribution in [1.82, 2.24) is 9.55 Å². The number of thioether (sulfide) groups is 1. The summed E-state index contributed by atoms with van der Waals surface area (Å²) in [6, 6.07) is 16.2. The van der Waals surface area contributed by atoms with E-state index in [4.69, 9.17) is 0 Å². The number of hydrogen-bond acceptors (Lipinski definition) is 3. The summed E-state index contributed by atoms with van der Waals surface area (Å²) in [5.74, 6) is 0.870. The molecular weight excluding hydrogens is 342 g/mol. The molecule has 1 aromatic heterocycles. The van der Waals surface area contributed by atoms with Gasteiger partial charge in [0, 0.05) is 12.2 Å². The Bertz CT molecular complexity index is 886. The number of carbonyl (C=O) groups is 1. The first-order valence-electron chi connectivity index (χ1n) is 9.10. The highest BCUT2D eigenvalue weighted by Crippen LogP contribution is 2.24. The molecule has 0 aliphatic rings. The van der Waals surface area contributed by atoms with E-state index in [1.54, 1.807) is 0 Å². The molecule has 0 bridgehead atoms. The summed E-state index contributed by atoms with van der Waals surface area (Å²) >= 11 is 1.48. The molecule has 0 unspecified atom stereocenters. The molecule has 0 saturated heterocycles. The standard InChI is InChI=1S/C21H25N3OS/c1-4-15(3)16-10-12-17(13-11-16)22-20(25)14-26-21-23-18-8-6-7-9-19(18)24(21)5-2/h6-13,15H,4-5,14H2,1-3H3,(H,22,25)/t15-/m1/s1. The fourth-order valence-corrected chi connectivity index (χ4v) is 3.81. The van der Waals surface area contributed by atoms with Gasteiger partial charge in [-0.15, -0.1) is 0 Å². The Morgan fingerprint density at radius 1 is 1.15 bits per heavy atom. The van der Waals surface area contributed by atoms with Crippen LogP contribution in [0.2, 0.25) is 0 Å². The van der Waals surface area contributed by atoms with Crippen molar-refractivity contribution in [2.75, 3.05) is 11.1 Å². The highest BCUT2D eigenvalue weighted by Gasteiger charge is 2.12. The van der Waals surface area contributed by atoms with Crippen molar-refractivity contribution in [1.29, 1.82) is 0 Å². The van der Waals surface area contributed by atoms with Gasteiger partial charge in [0.1, 0.15) is 0 Å². The number of rotatable bonds is 7. The Labute approximate surface area is 159 Å². The SMILES string of the molecule is CC[C@@H](C)c1ccc(NC(=O)CSc2nc3ccccc3n2CC)cc1. The third kappa shape index (κ3) is 4.10. The average molecular weight is 368 g/mol. The first-order valence-corrected chi connectivity index (χ1v) is 10.1. The second-order valence-corrected chi connectivity index (χ2v) is 7.34. The van der Waals surface area contributed by atoms with Gasteiger partial charge in [-0.2, -0.15) is 0 Å². The Hall–Kier alpha value is -2.27. The Balaban J connectivity index is 1.62. The molecule has 0 aliphatic heterocycles. The van der Waals surface area contributed by atoms with Gasteiger partial charge in [0.15, 0.2) is 5.16 Å². The van der Waals surface area contributed by atoms with Crippen LogP contribution < -0.4 is 5.32 Å². The molecule has 136 valence electrons. The normalized spacial score (nSPS) is 12.3. The van der Waals surface area contributed by atoms with E-state index in [-0.39, 0.29) is 5.91 Å². The van der Waals surface area contributed by atoms with Crippen molar-refractivity contribution in [3.63, 3.8) is 0 Å². The molecule has 2 aromatic carbocycles. The third-order valence-corrected chi connectivity index (χ3v) is 5.62. The van der Waals surface area contributed by atoms with Crippen LogP contribution in [-0.4, -0.2) is 21.2 Å². The molecule has 0 radical (unpaired) electrons. The molecule has 3 aromatic rings. The van der Waals surface area contributed by atoms with Crippen LogP contribution in [0.1, 0.15) is 38.7 Å². The van der Waals surface area contributed by atoms with Crippen LogP contribution in [0.25, 0.3) is 11.0 Å². The maximum absolute atomic E-state index is 12.3. The summed E-state index contributed by atoms with van der Waals surface area (Å²) in [5.41, 5.74) is 4.22. The fourth-order valence-electron chi connectivity index (χ4n) is 2.93. The minimum atomic E-state index is -0.0130. The largest absolute Gasteiger partial charge is 0.325 e. The number of imidazole rings is 1. The maximum atomic E-state index is 12.3. The molecule has 3 rings (SSSR count). The van der Waals surface area contributed by atoms with Crippen LogP contribution in [0.3, 0.4) is 0 Å². The van der Waals surface area contributed by atoms with Gasteiger partial charge < -0.3 is 9.88 Å². The second kappa shape index (κ2) is 8.41. The van der Waals surface area contributed by atoms with Crippen molar-refractivity contribution in [3.05, 3.63) is 54.1 Å². The van der Waals surface area contributed by atoms with Crippen molar-refractivity contribution < 1.29 is 4.79 Å². The Morgan fingerprint density at radius 2 is 1.88 bits per heavy atom. The number of benzene rings is 2. The van der Waals surface area contributed by atoms with E-state index >= 15 is 0 Å². The van der Waals surface area contributed by atoms with E-state index in [9.17, 15) is 4.79 Å². The number of anilines is 1. The zero-order chi connectivity index (χ0) is 18.5. The van der Waals surface area contributed by atoms with E-state index in [1.165, 1.54) is 17.3 Å². The molecule has 1 N–H and O–H groups in total. The lowest BCUT2D eigenvalue weighted by Crippen LogP contribution is -2.14. The minimum Gasteiger partial charge on any atom is -0.325 e. The Morgan fingerprint density at radius 3 is 2.58 bits per heavy atom. The number of hydrogen-bond donors (Lipinski definition) is 1. The van der Waals surface area contributed by atoms with Crippen LogP contribution in [0, 0.1) is 0 Å². The zero-order valence-corrected chi connectivity index (χ0v) is 16.3. The van der Waals surface area contributed by atoms with Gasteiger partial charge in [0.2, 0.25) is 5.91 Å². The van der Waals surface area contributed by atoms with Gasteiger partial charge in [0.25, 0.3) is 0 Å². The number of aromatic nitrogens is 2. The van der Waals surface area contributed by atoms with E-state index in [2.05, 4.69) is 53.8 Å². The van der Waals surface area contributed by atoms with Crippen LogP contribution in [-0.2, 0) is 11.3 Å². The molecule has 0 fully saturated rings. The zero-order valence-electron chi connectivity index (χ0n) is 15.5. The van der Waals surface area contributed by atoms with Gasteiger partial charge in [-0.05, 0) is 49.1 Å². The summed E-state index contributed by atoms with van der Waals surface area (Å²) in [7, 11) is 0. The molecule has 0 saturated carbocycles. The summed E-state index contributed by atoms with van der Waals surface area (Å²) in [6.45, 7) is 7.32. The number of nitrogens with zero attached hydrogens (tertiary/aromatic N) is 2. The summed E-state index contributed by atoms with van der Waals surface area (Å²) in [4.78, 5) is 17.0. The van der Waals surface area contributed by atoms with Gasteiger partial charge >= 0.3 is 0 Å². The lowest BCUT2D eigenvalue weighted by atomic mass is 9.99. The maximum Gasteiger partial charge on any atom is 0.234 e. The van der Waals surface area contributed by atoms with Crippen LogP contribution >= 0.6 is 11.8 Å². The number of nitrogens with one attached hydrogen (secondary N) is 1. The molecule has 26 heavy (non-hydrogen) atoms. The Kier molecular flexibility index (Phi) is 5.99. The molecule has 1 atom stereocenters. The highest BCUT2D eigenvalue weighted by atomic mass is 32.2. The van der Waals surface area contributed by atoms with E-state index in [0.29, 0.717) is 11.7 Å².